The van der Waals surface area contributed by atoms with Gasteiger partial charge in [0, 0.05) is 11.6 Å². The summed E-state index contributed by atoms with van der Waals surface area (Å²) in [5, 5.41) is 3.41. The number of hydrogen-bond acceptors (Lipinski definition) is 4. The molecule has 0 aliphatic carbocycles. The van der Waals surface area contributed by atoms with Crippen LogP contribution in [-0.2, 0) is 6.42 Å². The molecule has 2 heterocycles. The van der Waals surface area contributed by atoms with Crippen molar-refractivity contribution in [3.8, 4) is 17.2 Å². The molecule has 1 unspecified atom stereocenters. The van der Waals surface area contributed by atoms with Gasteiger partial charge in [-0.1, -0.05) is 0 Å². The summed E-state index contributed by atoms with van der Waals surface area (Å²) in [5.41, 5.74) is 0.837. The lowest BCUT2D eigenvalue weighted by Crippen LogP contribution is -2.24. The van der Waals surface area contributed by atoms with Crippen molar-refractivity contribution in [1.29, 1.82) is 0 Å². The average Bonchev–Trinajstić information content (AvgIpc) is 2.92. The predicted octanol–water partition coefficient (Wildman–Crippen LogP) is 1.90. The summed E-state index contributed by atoms with van der Waals surface area (Å²) in [6.07, 6.45) is 3.02. The second-order valence-corrected chi connectivity index (χ2v) is 4.90. The smallest absolute Gasteiger partial charge is 0.210 e. The number of benzene rings is 1. The van der Waals surface area contributed by atoms with Crippen molar-refractivity contribution in [1.82, 2.24) is 5.32 Å². The standard InChI is InChI=1S/C14H18FNO3/c1-17-13-9(7-10-3-2-4-16-10)8-11-14(12(13)15)19-6-5-18-11/h8,10,16H,2-7H2,1H3. The Bertz CT molecular complexity index is 472. The Morgan fingerprint density at radius 3 is 3.00 bits per heavy atom. The zero-order valence-electron chi connectivity index (χ0n) is 11.0. The van der Waals surface area contributed by atoms with Gasteiger partial charge < -0.3 is 19.5 Å². The summed E-state index contributed by atoms with van der Waals surface area (Å²) < 4.78 is 30.3. The molecule has 0 saturated carbocycles. The minimum atomic E-state index is -0.451. The normalized spacial score (nSPS) is 21.5. The van der Waals surface area contributed by atoms with Crippen LogP contribution >= 0.6 is 0 Å². The predicted molar refractivity (Wildman–Crippen MR) is 68.7 cm³/mol. The van der Waals surface area contributed by atoms with Crippen molar-refractivity contribution in [2.75, 3.05) is 26.9 Å². The average molecular weight is 267 g/mol. The Balaban J connectivity index is 1.95. The zero-order chi connectivity index (χ0) is 13.2. The van der Waals surface area contributed by atoms with E-state index in [-0.39, 0.29) is 11.5 Å². The molecule has 2 aliphatic rings. The molecule has 1 aromatic rings. The fraction of sp³-hybridized carbons (Fsp3) is 0.571. The molecule has 1 atom stereocenters. The first kappa shape index (κ1) is 12.5. The molecule has 0 spiro atoms. The SMILES string of the molecule is COc1c(CC2CCCN2)cc2c(c1F)OCCO2. The first-order valence-corrected chi connectivity index (χ1v) is 6.68. The molecule has 4 nitrogen and oxygen atoms in total. The number of ether oxygens (including phenoxy) is 3. The first-order chi connectivity index (χ1) is 9.29. The third-order valence-electron chi connectivity index (χ3n) is 3.64. The maximum atomic E-state index is 14.3. The van der Waals surface area contributed by atoms with Crippen molar-refractivity contribution >= 4 is 0 Å². The van der Waals surface area contributed by atoms with Crippen LogP contribution in [0.3, 0.4) is 0 Å². The van der Waals surface area contributed by atoms with E-state index in [1.165, 1.54) is 13.5 Å². The van der Waals surface area contributed by atoms with E-state index in [0.29, 0.717) is 25.0 Å². The molecule has 5 heteroatoms. The number of rotatable bonds is 3. The second kappa shape index (κ2) is 5.25. The molecule has 0 bridgehead atoms. The van der Waals surface area contributed by atoms with Crippen LogP contribution < -0.4 is 19.5 Å². The van der Waals surface area contributed by atoms with Crippen LogP contribution in [0.2, 0.25) is 0 Å². The summed E-state index contributed by atoms with van der Waals surface area (Å²) in [6.45, 7) is 1.86. The highest BCUT2D eigenvalue weighted by atomic mass is 19.1. The zero-order valence-corrected chi connectivity index (χ0v) is 11.0. The highest BCUT2D eigenvalue weighted by Crippen LogP contribution is 2.41. The van der Waals surface area contributed by atoms with E-state index in [4.69, 9.17) is 14.2 Å². The Morgan fingerprint density at radius 1 is 1.42 bits per heavy atom. The van der Waals surface area contributed by atoms with Gasteiger partial charge in [-0.3, -0.25) is 0 Å². The Kier molecular flexibility index (Phi) is 3.46. The van der Waals surface area contributed by atoms with Gasteiger partial charge in [-0.05, 0) is 31.9 Å². The fourth-order valence-corrected chi connectivity index (χ4v) is 2.75. The van der Waals surface area contributed by atoms with Gasteiger partial charge in [-0.25, -0.2) is 0 Å². The van der Waals surface area contributed by atoms with Gasteiger partial charge in [0.1, 0.15) is 13.2 Å². The van der Waals surface area contributed by atoms with Crippen LogP contribution in [-0.4, -0.2) is 32.9 Å². The second-order valence-electron chi connectivity index (χ2n) is 4.90. The molecule has 3 rings (SSSR count). The maximum absolute atomic E-state index is 14.3. The molecular weight excluding hydrogens is 249 g/mol. The Labute approximate surface area is 111 Å². The Morgan fingerprint density at radius 2 is 2.26 bits per heavy atom. The van der Waals surface area contributed by atoms with Gasteiger partial charge in [-0.15, -0.1) is 0 Å². The molecular formula is C14H18FNO3. The van der Waals surface area contributed by atoms with Gasteiger partial charge in [-0.2, -0.15) is 4.39 Å². The molecule has 0 aromatic heterocycles. The number of fused-ring (bicyclic) bond motifs is 1. The van der Waals surface area contributed by atoms with Crippen molar-refractivity contribution in [2.45, 2.75) is 25.3 Å². The molecule has 0 amide bonds. The lowest BCUT2D eigenvalue weighted by Gasteiger charge is -2.22. The van der Waals surface area contributed by atoms with Gasteiger partial charge in [0.25, 0.3) is 0 Å². The molecule has 104 valence electrons. The minimum Gasteiger partial charge on any atom is -0.493 e. The topological polar surface area (TPSA) is 39.7 Å². The highest BCUT2D eigenvalue weighted by Gasteiger charge is 2.26. The minimum absolute atomic E-state index is 0.172. The number of methoxy groups -OCH3 is 1. The molecule has 19 heavy (non-hydrogen) atoms. The number of nitrogens with one attached hydrogen (secondary N) is 1. The van der Waals surface area contributed by atoms with E-state index in [2.05, 4.69) is 5.32 Å². The summed E-state index contributed by atoms with van der Waals surface area (Å²) in [6, 6.07) is 2.23. The van der Waals surface area contributed by atoms with Gasteiger partial charge in [0.2, 0.25) is 11.6 Å². The molecule has 1 N–H and O–H groups in total. The third-order valence-corrected chi connectivity index (χ3v) is 3.64. The van der Waals surface area contributed by atoms with Crippen molar-refractivity contribution in [2.24, 2.45) is 0 Å². The maximum Gasteiger partial charge on any atom is 0.210 e. The summed E-state index contributed by atoms with van der Waals surface area (Å²) >= 11 is 0. The van der Waals surface area contributed by atoms with Gasteiger partial charge >= 0.3 is 0 Å². The molecule has 1 aromatic carbocycles. The largest absolute Gasteiger partial charge is 0.493 e. The lowest BCUT2D eigenvalue weighted by atomic mass is 10.0. The summed E-state index contributed by atoms with van der Waals surface area (Å²) in [4.78, 5) is 0. The van der Waals surface area contributed by atoms with E-state index in [1.807, 2.05) is 6.07 Å². The van der Waals surface area contributed by atoms with E-state index in [0.717, 1.165) is 24.9 Å². The van der Waals surface area contributed by atoms with Crippen molar-refractivity contribution in [3.63, 3.8) is 0 Å². The third kappa shape index (κ3) is 2.34. The van der Waals surface area contributed by atoms with Crippen LogP contribution in [0.25, 0.3) is 0 Å². The Hall–Kier alpha value is -1.49. The van der Waals surface area contributed by atoms with E-state index >= 15 is 0 Å². The van der Waals surface area contributed by atoms with Crippen LogP contribution in [0.15, 0.2) is 6.07 Å². The molecule has 1 fully saturated rings. The fourth-order valence-electron chi connectivity index (χ4n) is 2.75. The van der Waals surface area contributed by atoms with Crippen LogP contribution in [0.4, 0.5) is 4.39 Å². The van der Waals surface area contributed by atoms with Gasteiger partial charge in [0.15, 0.2) is 11.5 Å². The lowest BCUT2D eigenvalue weighted by molar-refractivity contribution is 0.162. The van der Waals surface area contributed by atoms with Crippen molar-refractivity contribution in [3.05, 3.63) is 17.4 Å². The van der Waals surface area contributed by atoms with Gasteiger partial charge in [0.05, 0.1) is 7.11 Å². The highest BCUT2D eigenvalue weighted by molar-refractivity contribution is 5.53. The van der Waals surface area contributed by atoms with Crippen LogP contribution in [0.1, 0.15) is 18.4 Å². The van der Waals surface area contributed by atoms with Crippen LogP contribution in [0.5, 0.6) is 17.2 Å². The van der Waals surface area contributed by atoms with E-state index in [9.17, 15) is 4.39 Å². The summed E-state index contributed by atoms with van der Waals surface area (Å²) in [5.74, 6) is 0.481. The monoisotopic (exact) mass is 267 g/mol. The van der Waals surface area contributed by atoms with E-state index in [1.54, 1.807) is 0 Å². The molecule has 2 aliphatic heterocycles. The quantitative estimate of drug-likeness (QED) is 0.908. The van der Waals surface area contributed by atoms with Crippen LogP contribution in [0, 0.1) is 5.82 Å². The van der Waals surface area contributed by atoms with E-state index < -0.39 is 5.82 Å². The molecule has 0 radical (unpaired) electrons. The first-order valence-electron chi connectivity index (χ1n) is 6.68. The number of halogens is 1. The van der Waals surface area contributed by atoms with Crippen molar-refractivity contribution < 1.29 is 18.6 Å². The number of hydrogen-bond donors (Lipinski definition) is 1. The summed E-state index contributed by atoms with van der Waals surface area (Å²) in [7, 11) is 1.49. The molecule has 1 saturated heterocycles.